The molecule has 2 aliphatic rings. The van der Waals surface area contributed by atoms with Crippen LogP contribution in [-0.4, -0.2) is 41.0 Å². The minimum atomic E-state index is -0.905. The van der Waals surface area contributed by atoms with Gasteiger partial charge in [-0.1, -0.05) is 65.5 Å². The monoisotopic (exact) mass is 350 g/mol. The first-order chi connectivity index (χ1) is 7.21. The molecule has 0 aromatic heterocycles. The van der Waals surface area contributed by atoms with Crippen molar-refractivity contribution in [2.45, 2.75) is 65.5 Å². The Hall–Kier alpha value is 1.65. The first-order valence-electron chi connectivity index (χ1n) is 6.91. The zero-order chi connectivity index (χ0) is 13.7. The summed E-state index contributed by atoms with van der Waals surface area (Å²) in [6, 6.07) is 0. The van der Waals surface area contributed by atoms with E-state index >= 15 is 0 Å². The van der Waals surface area contributed by atoms with E-state index in [0.29, 0.717) is 0 Å². The van der Waals surface area contributed by atoms with Crippen molar-refractivity contribution >= 4 is 51.6 Å². The van der Waals surface area contributed by atoms with Gasteiger partial charge in [0.25, 0.3) is 0 Å². The fourth-order valence-electron chi connectivity index (χ4n) is 4.87. The number of hydrogen-bond donors (Lipinski definition) is 0. The van der Waals surface area contributed by atoms with Crippen molar-refractivity contribution in [3.63, 3.8) is 0 Å². The molecule has 0 aromatic carbocycles. The lowest BCUT2D eigenvalue weighted by molar-refractivity contribution is 1.80. The van der Waals surface area contributed by atoms with Crippen molar-refractivity contribution in [2.24, 2.45) is 0 Å². The van der Waals surface area contributed by atoms with Gasteiger partial charge in [0, 0.05) is 28.4 Å². The highest BCUT2D eigenvalue weighted by molar-refractivity contribution is 8.78. The highest BCUT2D eigenvalue weighted by Crippen LogP contribution is 2.67. The van der Waals surface area contributed by atoms with Gasteiger partial charge in [-0.05, 0) is 0 Å². The lowest BCUT2D eigenvalue weighted by Gasteiger charge is -2.61. The van der Waals surface area contributed by atoms with Crippen LogP contribution in [0.2, 0.25) is 65.5 Å². The molecular formula is C10H30SSi6. The fraction of sp³-hybridized carbons (Fsp3) is 1.00. The van der Waals surface area contributed by atoms with Gasteiger partial charge in [0.05, 0.1) is 12.5 Å². The summed E-state index contributed by atoms with van der Waals surface area (Å²) in [4.78, 5) is 0. The van der Waals surface area contributed by atoms with Crippen molar-refractivity contribution in [3.05, 3.63) is 0 Å². The second-order valence-electron chi connectivity index (χ2n) is 8.67. The molecule has 0 N–H and O–H groups in total. The Balaban J connectivity index is 2.79. The molecule has 17 heavy (non-hydrogen) atoms. The van der Waals surface area contributed by atoms with Gasteiger partial charge in [0.1, 0.15) is 0 Å². The maximum Gasteiger partial charge on any atom is 0.0855 e. The maximum absolute atomic E-state index is 2.88. The van der Waals surface area contributed by atoms with Crippen LogP contribution < -0.4 is 0 Å². The predicted molar refractivity (Wildman–Crippen MR) is 101 cm³/mol. The summed E-state index contributed by atoms with van der Waals surface area (Å²) in [7, 11) is -0.689. The van der Waals surface area contributed by atoms with Gasteiger partial charge >= 0.3 is 0 Å². The van der Waals surface area contributed by atoms with Crippen molar-refractivity contribution < 1.29 is 0 Å². The number of rotatable bonds is 0. The third kappa shape index (κ3) is 1.14. The summed E-state index contributed by atoms with van der Waals surface area (Å²) in [5, 5.41) is 0. The maximum atomic E-state index is 2.88. The molecule has 2 saturated heterocycles. The lowest BCUT2D eigenvalue weighted by Crippen LogP contribution is -2.92. The summed E-state index contributed by atoms with van der Waals surface area (Å²) in [5.74, 6) is 0. The van der Waals surface area contributed by atoms with E-state index in [4.69, 9.17) is 0 Å². The van der Waals surface area contributed by atoms with E-state index in [2.05, 4.69) is 76.1 Å². The zero-order valence-electron chi connectivity index (χ0n) is 13.4. The average molecular weight is 351 g/mol. The van der Waals surface area contributed by atoms with Crippen LogP contribution >= 0.6 is 10.7 Å². The molecule has 2 heterocycles. The normalized spacial score (nSPS) is 48.4. The van der Waals surface area contributed by atoms with E-state index in [1.54, 1.807) is 0 Å². The molecule has 0 aromatic rings. The van der Waals surface area contributed by atoms with Crippen LogP contribution in [0.1, 0.15) is 0 Å². The standard InChI is InChI=1S/C10H30SSi6/c1-12(2)13(3,4)17(10)11-16(12,9)14(5,6)15(17,7)8/h1-10H3. The molecule has 0 unspecified atom stereocenters. The van der Waals surface area contributed by atoms with Crippen LogP contribution in [0, 0.1) is 0 Å². The zero-order valence-corrected chi connectivity index (χ0v) is 20.2. The molecular weight excluding hydrogens is 321 g/mol. The molecule has 2 fully saturated rings. The van der Waals surface area contributed by atoms with Gasteiger partial charge in [0.15, 0.2) is 0 Å². The van der Waals surface area contributed by atoms with E-state index in [1.807, 2.05) is 0 Å². The van der Waals surface area contributed by atoms with Crippen LogP contribution in [0.5, 0.6) is 0 Å². The Bertz CT molecular complexity index is 322. The third-order valence-corrected chi connectivity index (χ3v) is 194. The average Bonchev–Trinajstić information content (AvgIpc) is 2.31. The fourth-order valence-corrected chi connectivity index (χ4v) is 361. The van der Waals surface area contributed by atoms with Crippen LogP contribution in [0.15, 0.2) is 0 Å². The number of fused-ring (bicyclic) bond motifs is 2. The van der Waals surface area contributed by atoms with E-state index in [0.717, 1.165) is 0 Å². The second kappa shape index (κ2) is 3.28. The molecule has 100 valence electrons. The topological polar surface area (TPSA) is 0 Å². The molecule has 0 saturated carbocycles. The van der Waals surface area contributed by atoms with Crippen LogP contribution in [0.3, 0.4) is 0 Å². The summed E-state index contributed by atoms with van der Waals surface area (Å²) < 4.78 is 0. The highest BCUT2D eigenvalue weighted by atomic mass is 32.6. The second-order valence-corrected chi connectivity index (χ2v) is 88.7. The van der Waals surface area contributed by atoms with Crippen LogP contribution in [0.4, 0.5) is 0 Å². The third-order valence-electron chi connectivity index (χ3n) is 8.30. The Morgan fingerprint density at radius 2 is 0.588 bits per heavy atom. The van der Waals surface area contributed by atoms with Gasteiger partial charge < -0.3 is 0 Å². The highest BCUT2D eigenvalue weighted by Gasteiger charge is 2.86. The van der Waals surface area contributed by atoms with Crippen LogP contribution in [-0.2, 0) is 0 Å². The Kier molecular flexibility index (Phi) is 2.90. The molecule has 0 radical (unpaired) electrons. The Morgan fingerprint density at radius 3 is 0.706 bits per heavy atom. The van der Waals surface area contributed by atoms with Gasteiger partial charge in [-0.3, -0.25) is 0 Å². The Morgan fingerprint density at radius 1 is 0.412 bits per heavy atom. The Labute approximate surface area is 116 Å². The largest absolute Gasteiger partial charge is 0.218 e. The van der Waals surface area contributed by atoms with E-state index in [-0.39, 0.29) is 0 Å². The van der Waals surface area contributed by atoms with E-state index < -0.39 is 41.0 Å². The summed E-state index contributed by atoms with van der Waals surface area (Å²) >= 11 is 0. The molecule has 0 amide bonds. The van der Waals surface area contributed by atoms with Crippen molar-refractivity contribution in [1.29, 1.82) is 0 Å². The number of hydrogen-bond acceptors (Lipinski definition) is 1. The molecule has 2 rings (SSSR count). The molecule has 2 bridgehead atoms. The molecule has 0 spiro atoms. The van der Waals surface area contributed by atoms with Gasteiger partial charge in [-0.2, -0.15) is 0 Å². The summed E-state index contributed by atoms with van der Waals surface area (Å²) in [6.07, 6.45) is -1.81. The molecule has 0 atom stereocenters. The molecule has 0 nitrogen and oxygen atoms in total. The van der Waals surface area contributed by atoms with Crippen LogP contribution in [0.25, 0.3) is 0 Å². The molecule has 7 heteroatoms. The smallest absolute Gasteiger partial charge is 0.0855 e. The molecule has 2 aliphatic heterocycles. The van der Waals surface area contributed by atoms with Crippen molar-refractivity contribution in [2.75, 3.05) is 0 Å². The minimum absolute atomic E-state index is 0.869. The quantitative estimate of drug-likeness (QED) is 0.590. The first-order valence-corrected chi connectivity index (χ1v) is 32.2. The van der Waals surface area contributed by atoms with Gasteiger partial charge in [-0.15, -0.1) is 0 Å². The van der Waals surface area contributed by atoms with Gasteiger partial charge in [0.2, 0.25) is 0 Å². The molecule has 0 aliphatic carbocycles. The predicted octanol–water partition coefficient (Wildman–Crippen LogP) is 4.20. The SMILES string of the molecule is C[Si]1(C)[Si](C)(C)[Si]2(C)S[Si]1(C)[Si](C)(C)[Si]2(C)C. The van der Waals surface area contributed by atoms with E-state index in [9.17, 15) is 0 Å². The van der Waals surface area contributed by atoms with E-state index in [1.165, 1.54) is 0 Å². The van der Waals surface area contributed by atoms with Crippen molar-refractivity contribution in [3.8, 4) is 0 Å². The first kappa shape index (κ1) is 15.0. The summed E-state index contributed by atoms with van der Waals surface area (Å²) in [5.41, 5.74) is 0. The van der Waals surface area contributed by atoms with Gasteiger partial charge in [-0.25, -0.2) is 10.7 Å². The van der Waals surface area contributed by atoms with Crippen molar-refractivity contribution in [1.82, 2.24) is 0 Å². The summed E-state index contributed by atoms with van der Waals surface area (Å²) in [6.45, 7) is 28.5. The minimum Gasteiger partial charge on any atom is -0.218 e. The lowest BCUT2D eigenvalue weighted by atomic mass is 11.9.